The Hall–Kier alpha value is -1.02. The van der Waals surface area contributed by atoms with Crippen LogP contribution in [0.5, 0.6) is 5.75 Å². The highest BCUT2D eigenvalue weighted by atomic mass is 16.5. The summed E-state index contributed by atoms with van der Waals surface area (Å²) in [5, 5.41) is 3.60. The van der Waals surface area contributed by atoms with Crippen molar-refractivity contribution in [2.45, 2.75) is 39.5 Å². The molecule has 1 saturated carbocycles. The molecule has 0 aliphatic heterocycles. The van der Waals surface area contributed by atoms with Crippen LogP contribution in [-0.4, -0.2) is 20.2 Å². The van der Waals surface area contributed by atoms with E-state index in [0.29, 0.717) is 5.92 Å². The first-order chi connectivity index (χ1) is 9.11. The maximum atomic E-state index is 5.53. The van der Waals surface area contributed by atoms with Gasteiger partial charge in [-0.1, -0.05) is 31.5 Å². The van der Waals surface area contributed by atoms with Crippen molar-refractivity contribution in [1.29, 1.82) is 0 Å². The number of rotatable bonds is 6. The number of ether oxygens (including phenoxy) is 1. The van der Waals surface area contributed by atoms with Crippen LogP contribution in [0, 0.1) is 18.8 Å². The molecule has 0 saturated heterocycles. The molecule has 1 aromatic carbocycles. The molecule has 1 aliphatic carbocycles. The first-order valence-corrected chi connectivity index (χ1v) is 7.47. The summed E-state index contributed by atoms with van der Waals surface area (Å²) in [5.74, 6) is 3.24. The quantitative estimate of drug-likeness (QED) is 0.842. The SMILES string of the molecule is COc1ccc(C)cc1C1CCC1CNCC(C)C. The molecule has 0 bridgehead atoms. The molecule has 2 rings (SSSR count). The minimum atomic E-state index is 0.675. The van der Waals surface area contributed by atoms with E-state index in [2.05, 4.69) is 44.3 Å². The predicted octanol–water partition coefficient (Wildman–Crippen LogP) is 3.74. The first-order valence-electron chi connectivity index (χ1n) is 7.47. The maximum Gasteiger partial charge on any atom is 0.122 e. The largest absolute Gasteiger partial charge is 0.496 e. The Bertz CT molecular complexity index is 414. The lowest BCUT2D eigenvalue weighted by Gasteiger charge is -2.38. The second-order valence-electron chi connectivity index (χ2n) is 6.24. The zero-order valence-corrected chi connectivity index (χ0v) is 12.7. The van der Waals surface area contributed by atoms with Crippen LogP contribution >= 0.6 is 0 Å². The zero-order valence-electron chi connectivity index (χ0n) is 12.7. The lowest BCUT2D eigenvalue weighted by molar-refractivity contribution is 0.237. The molecular weight excluding hydrogens is 234 g/mol. The van der Waals surface area contributed by atoms with Crippen molar-refractivity contribution in [2.75, 3.05) is 20.2 Å². The third kappa shape index (κ3) is 3.50. The molecule has 0 radical (unpaired) electrons. The third-order valence-electron chi connectivity index (χ3n) is 4.16. The topological polar surface area (TPSA) is 21.3 Å². The van der Waals surface area contributed by atoms with Crippen molar-refractivity contribution in [3.05, 3.63) is 29.3 Å². The first kappa shape index (κ1) is 14.4. The third-order valence-corrected chi connectivity index (χ3v) is 4.16. The van der Waals surface area contributed by atoms with E-state index in [1.54, 1.807) is 7.11 Å². The molecule has 0 heterocycles. The smallest absolute Gasteiger partial charge is 0.122 e. The molecule has 0 amide bonds. The van der Waals surface area contributed by atoms with Gasteiger partial charge >= 0.3 is 0 Å². The summed E-state index contributed by atoms with van der Waals surface area (Å²) in [6.07, 6.45) is 2.64. The summed E-state index contributed by atoms with van der Waals surface area (Å²) in [4.78, 5) is 0. The molecule has 0 aromatic heterocycles. The Morgan fingerprint density at radius 2 is 2.11 bits per heavy atom. The fourth-order valence-electron chi connectivity index (χ4n) is 2.92. The zero-order chi connectivity index (χ0) is 13.8. The summed E-state index contributed by atoms with van der Waals surface area (Å²) < 4.78 is 5.53. The molecule has 1 fully saturated rings. The van der Waals surface area contributed by atoms with Crippen molar-refractivity contribution in [3.8, 4) is 5.75 Å². The fraction of sp³-hybridized carbons (Fsp3) is 0.647. The average molecular weight is 261 g/mol. The molecule has 2 atom stereocenters. The predicted molar refractivity (Wildman–Crippen MR) is 80.9 cm³/mol. The van der Waals surface area contributed by atoms with Crippen LogP contribution in [-0.2, 0) is 0 Å². The lowest BCUT2D eigenvalue weighted by atomic mass is 9.69. The summed E-state index contributed by atoms with van der Waals surface area (Å²) >= 11 is 0. The summed E-state index contributed by atoms with van der Waals surface area (Å²) in [6, 6.07) is 6.55. The normalized spacial score (nSPS) is 22.4. The van der Waals surface area contributed by atoms with Gasteiger partial charge in [0.05, 0.1) is 7.11 Å². The van der Waals surface area contributed by atoms with Gasteiger partial charge in [0.1, 0.15) is 5.75 Å². The molecule has 2 nitrogen and oxygen atoms in total. The highest BCUT2D eigenvalue weighted by molar-refractivity contribution is 5.40. The van der Waals surface area contributed by atoms with Crippen LogP contribution in [0.3, 0.4) is 0 Å². The lowest BCUT2D eigenvalue weighted by Crippen LogP contribution is -2.35. The van der Waals surface area contributed by atoms with Gasteiger partial charge in [-0.3, -0.25) is 0 Å². The molecule has 106 valence electrons. The van der Waals surface area contributed by atoms with Gasteiger partial charge in [0.2, 0.25) is 0 Å². The van der Waals surface area contributed by atoms with Gasteiger partial charge in [-0.05, 0) is 62.2 Å². The van der Waals surface area contributed by atoms with Crippen molar-refractivity contribution in [2.24, 2.45) is 11.8 Å². The van der Waals surface area contributed by atoms with Crippen molar-refractivity contribution < 1.29 is 4.74 Å². The van der Waals surface area contributed by atoms with Crippen LogP contribution in [0.4, 0.5) is 0 Å². The Balaban J connectivity index is 1.99. The van der Waals surface area contributed by atoms with E-state index in [0.717, 1.165) is 30.7 Å². The van der Waals surface area contributed by atoms with Crippen LogP contribution in [0.15, 0.2) is 18.2 Å². The second kappa shape index (κ2) is 6.42. The minimum absolute atomic E-state index is 0.675. The fourth-order valence-corrected chi connectivity index (χ4v) is 2.92. The van der Waals surface area contributed by atoms with Crippen molar-refractivity contribution in [1.82, 2.24) is 5.32 Å². The van der Waals surface area contributed by atoms with Gasteiger partial charge in [-0.25, -0.2) is 0 Å². The molecule has 2 unspecified atom stereocenters. The molecule has 2 heteroatoms. The van der Waals surface area contributed by atoms with Gasteiger partial charge in [-0.15, -0.1) is 0 Å². The van der Waals surface area contributed by atoms with E-state index in [9.17, 15) is 0 Å². The highest BCUT2D eigenvalue weighted by Crippen LogP contribution is 2.45. The van der Waals surface area contributed by atoms with Gasteiger partial charge < -0.3 is 10.1 Å². The van der Waals surface area contributed by atoms with E-state index >= 15 is 0 Å². The molecule has 1 aromatic rings. The average Bonchev–Trinajstić information content (AvgIpc) is 2.33. The number of hydrogen-bond acceptors (Lipinski definition) is 2. The van der Waals surface area contributed by atoms with Gasteiger partial charge in [-0.2, -0.15) is 0 Å². The standard InChI is InChI=1S/C17H27NO/c1-12(2)10-18-11-14-6-7-15(14)16-9-13(3)5-8-17(16)19-4/h5,8-9,12,14-15,18H,6-7,10-11H2,1-4H3. The van der Waals surface area contributed by atoms with Gasteiger partial charge in [0.15, 0.2) is 0 Å². The van der Waals surface area contributed by atoms with Gasteiger partial charge in [0.25, 0.3) is 0 Å². The number of hydrogen-bond donors (Lipinski definition) is 1. The maximum absolute atomic E-state index is 5.53. The van der Waals surface area contributed by atoms with E-state index in [1.165, 1.54) is 24.0 Å². The van der Waals surface area contributed by atoms with E-state index in [1.807, 2.05) is 0 Å². The van der Waals surface area contributed by atoms with E-state index in [4.69, 9.17) is 4.74 Å². The van der Waals surface area contributed by atoms with Crippen LogP contribution in [0.1, 0.15) is 43.7 Å². The van der Waals surface area contributed by atoms with Crippen LogP contribution < -0.4 is 10.1 Å². The van der Waals surface area contributed by atoms with Gasteiger partial charge in [0, 0.05) is 0 Å². The van der Waals surface area contributed by atoms with Crippen LogP contribution in [0.2, 0.25) is 0 Å². The molecular formula is C17H27NO. The summed E-state index contributed by atoms with van der Waals surface area (Å²) in [5.41, 5.74) is 2.74. The summed E-state index contributed by atoms with van der Waals surface area (Å²) in [6.45, 7) is 8.94. The van der Waals surface area contributed by atoms with Crippen LogP contribution in [0.25, 0.3) is 0 Å². The molecule has 0 spiro atoms. The molecule has 1 aliphatic rings. The number of methoxy groups -OCH3 is 1. The van der Waals surface area contributed by atoms with E-state index < -0.39 is 0 Å². The second-order valence-corrected chi connectivity index (χ2v) is 6.24. The number of nitrogens with one attached hydrogen (secondary N) is 1. The summed E-state index contributed by atoms with van der Waals surface area (Å²) in [7, 11) is 1.78. The number of aryl methyl sites for hydroxylation is 1. The Morgan fingerprint density at radius 3 is 2.68 bits per heavy atom. The Kier molecular flexibility index (Phi) is 4.87. The van der Waals surface area contributed by atoms with Crippen molar-refractivity contribution >= 4 is 0 Å². The van der Waals surface area contributed by atoms with E-state index in [-0.39, 0.29) is 0 Å². The number of benzene rings is 1. The Labute approximate surface area is 117 Å². The minimum Gasteiger partial charge on any atom is -0.496 e. The van der Waals surface area contributed by atoms with Crippen molar-refractivity contribution in [3.63, 3.8) is 0 Å². The molecule has 1 N–H and O–H groups in total. The highest BCUT2D eigenvalue weighted by Gasteiger charge is 2.33. The Morgan fingerprint density at radius 1 is 1.32 bits per heavy atom. The monoisotopic (exact) mass is 261 g/mol. The molecule has 19 heavy (non-hydrogen) atoms.